The first kappa shape index (κ1) is 23.9. The lowest BCUT2D eigenvalue weighted by Gasteiger charge is -2.09. The van der Waals surface area contributed by atoms with Gasteiger partial charge in [-0.15, -0.1) is 0 Å². The van der Waals surface area contributed by atoms with Gasteiger partial charge in [0.15, 0.2) is 5.82 Å². The number of rotatable bonds is 8. The van der Waals surface area contributed by atoms with E-state index in [-0.39, 0.29) is 18.2 Å². The van der Waals surface area contributed by atoms with Gasteiger partial charge in [-0.2, -0.15) is 5.10 Å². The molecule has 8 nitrogen and oxygen atoms in total. The highest BCUT2D eigenvalue weighted by atomic mass is 35.5. The van der Waals surface area contributed by atoms with Crippen LogP contribution in [0, 0.1) is 22.9 Å². The zero-order chi connectivity index (χ0) is 24.9. The molecule has 1 N–H and O–H groups in total. The van der Waals surface area contributed by atoms with Crippen molar-refractivity contribution in [3.63, 3.8) is 0 Å². The van der Waals surface area contributed by atoms with Crippen LogP contribution < -0.4 is 10.1 Å². The fourth-order valence-electron chi connectivity index (χ4n) is 3.42. The van der Waals surface area contributed by atoms with E-state index in [0.717, 1.165) is 5.56 Å². The molecule has 0 radical (unpaired) electrons. The maximum absolute atomic E-state index is 13.2. The van der Waals surface area contributed by atoms with Crippen molar-refractivity contribution in [2.45, 2.75) is 20.1 Å². The van der Waals surface area contributed by atoms with Crippen LogP contribution in [0.4, 0.5) is 15.9 Å². The maximum Gasteiger partial charge on any atom is 0.272 e. The average Bonchev–Trinajstić information content (AvgIpc) is 3.26. The highest BCUT2D eigenvalue weighted by Gasteiger charge is 2.12. The van der Waals surface area contributed by atoms with Gasteiger partial charge in [-0.05, 0) is 54.4 Å². The molecule has 0 unspecified atom stereocenters. The normalized spacial score (nSPS) is 10.7. The van der Waals surface area contributed by atoms with Crippen LogP contribution in [0.3, 0.4) is 0 Å². The molecule has 4 aromatic rings. The second-order valence-electron chi connectivity index (χ2n) is 7.78. The zero-order valence-electron chi connectivity index (χ0n) is 18.6. The quantitative estimate of drug-likeness (QED) is 0.247. The van der Waals surface area contributed by atoms with Crippen molar-refractivity contribution in [1.82, 2.24) is 9.78 Å². The topological polar surface area (TPSA) is 99.3 Å². The fraction of sp³-hybridized carbons (Fsp3) is 0.120. The molecule has 0 fully saturated rings. The standard InChI is InChI=1S/C25H20ClFN4O4/c1-16-11-21(7-8-23(16)31(33)34)35-15-17-3-2-4-18(12-17)25(32)28-24-9-10-30(29-24)14-19-5-6-20(27)13-22(19)26/h2-13H,14-15H2,1H3,(H,28,29,32). The molecule has 10 heteroatoms. The second kappa shape index (κ2) is 10.4. The van der Waals surface area contributed by atoms with E-state index in [2.05, 4.69) is 10.4 Å². The van der Waals surface area contributed by atoms with Crippen molar-refractivity contribution in [2.75, 3.05) is 5.32 Å². The molecular weight excluding hydrogens is 475 g/mol. The minimum atomic E-state index is -0.442. The van der Waals surface area contributed by atoms with Crippen molar-refractivity contribution in [1.29, 1.82) is 0 Å². The first-order valence-corrected chi connectivity index (χ1v) is 10.9. The summed E-state index contributed by atoms with van der Waals surface area (Å²) in [6, 6.07) is 17.3. The Balaban J connectivity index is 1.37. The summed E-state index contributed by atoms with van der Waals surface area (Å²) in [5, 5.41) is 18.3. The van der Waals surface area contributed by atoms with Crippen LogP contribution in [0.2, 0.25) is 5.02 Å². The molecule has 0 bridgehead atoms. The maximum atomic E-state index is 13.2. The SMILES string of the molecule is Cc1cc(OCc2cccc(C(=O)Nc3ccn(Cc4ccc(F)cc4Cl)n3)c2)ccc1[N+](=O)[O-]. The Bertz CT molecular complexity index is 1410. The van der Waals surface area contributed by atoms with Crippen LogP contribution in [0.25, 0.3) is 0 Å². The Morgan fingerprint density at radius 1 is 1.17 bits per heavy atom. The summed E-state index contributed by atoms with van der Waals surface area (Å²) in [6.45, 7) is 2.15. The van der Waals surface area contributed by atoms with Gasteiger partial charge in [0.2, 0.25) is 0 Å². The number of nitro benzene ring substituents is 1. The molecule has 3 aromatic carbocycles. The van der Waals surface area contributed by atoms with Gasteiger partial charge in [-0.25, -0.2) is 4.39 Å². The number of nitrogens with one attached hydrogen (secondary N) is 1. The molecule has 1 aromatic heterocycles. The van der Waals surface area contributed by atoms with Crippen molar-refractivity contribution in [3.05, 3.63) is 116 Å². The number of halogens is 2. The number of hydrogen-bond donors (Lipinski definition) is 1. The number of benzene rings is 3. The van der Waals surface area contributed by atoms with Crippen LogP contribution >= 0.6 is 11.6 Å². The number of amides is 1. The Morgan fingerprint density at radius 2 is 2.00 bits per heavy atom. The molecule has 0 spiro atoms. The van der Waals surface area contributed by atoms with Crippen molar-refractivity contribution in [3.8, 4) is 5.75 Å². The number of nitro groups is 1. The lowest BCUT2D eigenvalue weighted by atomic mass is 10.1. The van der Waals surface area contributed by atoms with Gasteiger partial charge >= 0.3 is 0 Å². The van der Waals surface area contributed by atoms with Crippen molar-refractivity contribution in [2.24, 2.45) is 0 Å². The average molecular weight is 495 g/mol. The monoisotopic (exact) mass is 494 g/mol. The fourth-order valence-corrected chi connectivity index (χ4v) is 3.65. The molecule has 0 aliphatic carbocycles. The van der Waals surface area contributed by atoms with E-state index in [4.69, 9.17) is 16.3 Å². The molecule has 178 valence electrons. The molecule has 0 saturated heterocycles. The zero-order valence-corrected chi connectivity index (χ0v) is 19.3. The number of anilines is 1. The number of hydrogen-bond acceptors (Lipinski definition) is 5. The summed E-state index contributed by atoms with van der Waals surface area (Å²) < 4.78 is 20.6. The summed E-state index contributed by atoms with van der Waals surface area (Å²) in [5.41, 5.74) is 2.40. The predicted octanol–water partition coefficient (Wildman–Crippen LogP) is 5.77. The van der Waals surface area contributed by atoms with E-state index < -0.39 is 10.7 Å². The van der Waals surface area contributed by atoms with E-state index in [1.54, 1.807) is 54.2 Å². The second-order valence-corrected chi connectivity index (χ2v) is 8.19. The third kappa shape index (κ3) is 6.01. The number of carbonyl (C=O) groups excluding carboxylic acids is 1. The smallest absolute Gasteiger partial charge is 0.272 e. The number of aromatic nitrogens is 2. The Hall–Kier alpha value is -4.24. The Kier molecular flexibility index (Phi) is 7.07. The van der Waals surface area contributed by atoms with E-state index in [1.807, 2.05) is 6.07 Å². The van der Waals surface area contributed by atoms with E-state index in [1.165, 1.54) is 24.3 Å². The summed E-state index contributed by atoms with van der Waals surface area (Å²) in [7, 11) is 0. The molecular formula is C25H20ClFN4O4. The van der Waals surface area contributed by atoms with Crippen molar-refractivity contribution < 1.29 is 18.8 Å². The highest BCUT2D eigenvalue weighted by Crippen LogP contribution is 2.24. The van der Waals surface area contributed by atoms with Gasteiger partial charge in [-0.3, -0.25) is 19.6 Å². The molecule has 35 heavy (non-hydrogen) atoms. The number of ether oxygens (including phenoxy) is 1. The summed E-state index contributed by atoms with van der Waals surface area (Å²) >= 11 is 6.07. The van der Waals surface area contributed by atoms with Crippen LogP contribution in [-0.2, 0) is 13.2 Å². The van der Waals surface area contributed by atoms with Gasteiger partial charge in [-0.1, -0.05) is 29.8 Å². The summed E-state index contributed by atoms with van der Waals surface area (Å²) in [5.74, 6) is 0.0942. The van der Waals surface area contributed by atoms with Gasteiger partial charge in [0.25, 0.3) is 11.6 Å². The molecule has 0 saturated carbocycles. The van der Waals surface area contributed by atoms with E-state index >= 15 is 0 Å². The summed E-state index contributed by atoms with van der Waals surface area (Å²) in [4.78, 5) is 23.2. The number of aryl methyl sites for hydroxylation is 1. The molecule has 0 aliphatic rings. The van der Waals surface area contributed by atoms with Crippen LogP contribution in [-0.4, -0.2) is 20.6 Å². The lowest BCUT2D eigenvalue weighted by Crippen LogP contribution is -2.13. The molecule has 1 amide bonds. The first-order chi connectivity index (χ1) is 16.8. The van der Waals surface area contributed by atoms with Crippen LogP contribution in [0.5, 0.6) is 5.75 Å². The summed E-state index contributed by atoms with van der Waals surface area (Å²) in [6.07, 6.45) is 1.69. The number of nitrogens with zero attached hydrogens (tertiary/aromatic N) is 3. The molecule has 0 atom stereocenters. The number of carbonyl (C=O) groups is 1. The lowest BCUT2D eigenvalue weighted by molar-refractivity contribution is -0.385. The van der Waals surface area contributed by atoms with Gasteiger partial charge in [0.1, 0.15) is 18.2 Å². The molecule has 1 heterocycles. The largest absolute Gasteiger partial charge is 0.489 e. The van der Waals surface area contributed by atoms with Crippen LogP contribution in [0.15, 0.2) is 72.9 Å². The van der Waals surface area contributed by atoms with Gasteiger partial charge < -0.3 is 10.1 Å². The Labute approximate surface area is 205 Å². The minimum absolute atomic E-state index is 0.0271. The highest BCUT2D eigenvalue weighted by molar-refractivity contribution is 6.31. The Morgan fingerprint density at radius 3 is 2.74 bits per heavy atom. The third-order valence-corrected chi connectivity index (χ3v) is 5.54. The third-order valence-electron chi connectivity index (χ3n) is 5.19. The van der Waals surface area contributed by atoms with Gasteiger partial charge in [0, 0.05) is 34.5 Å². The molecule has 4 rings (SSSR count). The minimum Gasteiger partial charge on any atom is -0.489 e. The first-order valence-electron chi connectivity index (χ1n) is 10.5. The van der Waals surface area contributed by atoms with Gasteiger partial charge in [0.05, 0.1) is 11.5 Å². The molecule has 0 aliphatic heterocycles. The predicted molar refractivity (Wildman–Crippen MR) is 129 cm³/mol. The van der Waals surface area contributed by atoms with E-state index in [9.17, 15) is 19.3 Å². The van der Waals surface area contributed by atoms with Crippen molar-refractivity contribution >= 4 is 29.0 Å². The van der Waals surface area contributed by atoms with Crippen LogP contribution in [0.1, 0.15) is 27.0 Å². The van der Waals surface area contributed by atoms with E-state index in [0.29, 0.717) is 39.8 Å².